The van der Waals surface area contributed by atoms with Crippen LogP contribution in [-0.4, -0.2) is 40.8 Å². The molecule has 6 heteroatoms. The van der Waals surface area contributed by atoms with E-state index in [1.165, 1.54) is 25.9 Å². The monoisotopic (exact) mass is 260 g/mol. The Labute approximate surface area is 107 Å². The third-order valence-electron chi connectivity index (χ3n) is 1.54. The van der Waals surface area contributed by atoms with Crippen molar-refractivity contribution < 1.29 is 28.4 Å². The second-order valence-electron chi connectivity index (χ2n) is 2.80. The van der Waals surface area contributed by atoms with Crippen LogP contribution in [0.5, 0.6) is 0 Å². The van der Waals surface area contributed by atoms with E-state index in [2.05, 4.69) is 5.73 Å². The maximum atomic E-state index is 5.06. The molecule has 0 heterocycles. The Balaban J connectivity index is 3.80. The Morgan fingerprint density at radius 2 is 1.94 bits per heavy atom. The molecule has 104 valence electrons. The minimum Gasteiger partial charge on any atom is -0.490 e. The van der Waals surface area contributed by atoms with Crippen molar-refractivity contribution in [2.45, 2.75) is 6.92 Å². The molecule has 0 amide bonds. The first kappa shape index (κ1) is 16.4. The number of ether oxygens (including phenoxy) is 6. The molecule has 0 aromatic rings. The molecule has 0 radical (unpaired) electrons. The smallest absolute Gasteiger partial charge is 0.320 e. The molecule has 0 bridgehead atoms. The Morgan fingerprint density at radius 1 is 1.11 bits per heavy atom. The highest BCUT2D eigenvalue weighted by Gasteiger charge is 1.93. The lowest BCUT2D eigenvalue weighted by Gasteiger charge is -2.04. The van der Waals surface area contributed by atoms with Crippen LogP contribution in [0.3, 0.4) is 0 Å². The number of hydrogen-bond donors (Lipinski definition) is 0. The minimum atomic E-state index is 0.145. The summed E-state index contributed by atoms with van der Waals surface area (Å²) in [5.41, 5.74) is 2.65. The van der Waals surface area contributed by atoms with Gasteiger partial charge in [0.25, 0.3) is 0 Å². The van der Waals surface area contributed by atoms with Gasteiger partial charge in [0.05, 0.1) is 13.7 Å². The first-order valence-electron chi connectivity index (χ1n) is 5.45. The van der Waals surface area contributed by atoms with Crippen molar-refractivity contribution in [1.29, 1.82) is 0 Å². The zero-order valence-corrected chi connectivity index (χ0v) is 11.0. The van der Waals surface area contributed by atoms with E-state index in [0.29, 0.717) is 19.8 Å². The van der Waals surface area contributed by atoms with Crippen LogP contribution in [0.4, 0.5) is 0 Å². The summed E-state index contributed by atoms with van der Waals surface area (Å²) in [5, 5.41) is 0. The number of rotatable bonds is 11. The summed E-state index contributed by atoms with van der Waals surface area (Å²) in [7, 11) is 3.06. The first-order valence-corrected chi connectivity index (χ1v) is 5.45. The van der Waals surface area contributed by atoms with Gasteiger partial charge in [0.1, 0.15) is 19.1 Å². The molecule has 0 aliphatic carbocycles. The van der Waals surface area contributed by atoms with E-state index in [1.807, 2.05) is 6.92 Å². The molecule has 0 spiro atoms. The average Bonchev–Trinajstić information content (AvgIpc) is 2.40. The van der Waals surface area contributed by atoms with Gasteiger partial charge in [-0.25, -0.2) is 0 Å². The fraction of sp³-hybridized carbons (Fsp3) is 0.583. The van der Waals surface area contributed by atoms with Crippen molar-refractivity contribution in [3.63, 3.8) is 0 Å². The van der Waals surface area contributed by atoms with Crippen molar-refractivity contribution in [2.75, 3.05) is 40.8 Å². The lowest BCUT2D eigenvalue weighted by Crippen LogP contribution is -1.97. The summed E-state index contributed by atoms with van der Waals surface area (Å²) < 4.78 is 29.7. The molecule has 0 saturated carbocycles. The van der Waals surface area contributed by atoms with Gasteiger partial charge in [-0.15, -0.1) is 0 Å². The Kier molecular flexibility index (Phi) is 12.2. The zero-order valence-electron chi connectivity index (χ0n) is 11.0. The van der Waals surface area contributed by atoms with E-state index < -0.39 is 0 Å². The molecular formula is C12H20O6. The maximum absolute atomic E-state index is 5.06. The van der Waals surface area contributed by atoms with Crippen LogP contribution in [-0.2, 0) is 28.4 Å². The van der Waals surface area contributed by atoms with Crippen molar-refractivity contribution in [3.8, 4) is 0 Å². The Morgan fingerprint density at radius 3 is 2.61 bits per heavy atom. The van der Waals surface area contributed by atoms with Gasteiger partial charge >= 0.3 is 5.95 Å². The lowest BCUT2D eigenvalue weighted by molar-refractivity contribution is -0.0164. The van der Waals surface area contributed by atoms with E-state index in [1.54, 1.807) is 7.11 Å². The largest absolute Gasteiger partial charge is 0.490 e. The predicted molar refractivity (Wildman–Crippen MR) is 64.2 cm³/mol. The van der Waals surface area contributed by atoms with Crippen molar-refractivity contribution in [1.82, 2.24) is 0 Å². The van der Waals surface area contributed by atoms with Crippen molar-refractivity contribution in [3.05, 3.63) is 30.5 Å². The fourth-order valence-corrected chi connectivity index (χ4v) is 0.716. The zero-order chi connectivity index (χ0) is 13.5. The average molecular weight is 260 g/mol. The van der Waals surface area contributed by atoms with E-state index in [0.717, 1.165) is 0 Å². The topological polar surface area (TPSA) is 55.4 Å². The number of methoxy groups -OCH3 is 2. The van der Waals surface area contributed by atoms with E-state index in [-0.39, 0.29) is 12.7 Å². The summed E-state index contributed by atoms with van der Waals surface area (Å²) in [5.74, 6) is 0.187. The van der Waals surface area contributed by atoms with E-state index in [4.69, 9.17) is 28.4 Å². The minimum absolute atomic E-state index is 0.145. The Hall–Kier alpha value is -1.62. The van der Waals surface area contributed by atoms with E-state index >= 15 is 0 Å². The molecule has 0 fully saturated rings. The molecule has 0 unspecified atom stereocenters. The predicted octanol–water partition coefficient (Wildman–Crippen LogP) is 1.75. The van der Waals surface area contributed by atoms with Crippen LogP contribution in [0.2, 0.25) is 0 Å². The second-order valence-corrected chi connectivity index (χ2v) is 2.80. The summed E-state index contributed by atoms with van der Waals surface area (Å²) in [4.78, 5) is 0. The van der Waals surface area contributed by atoms with Crippen LogP contribution in [0.1, 0.15) is 6.92 Å². The summed E-state index contributed by atoms with van der Waals surface area (Å²) in [6, 6.07) is 0. The van der Waals surface area contributed by atoms with Gasteiger partial charge in [-0.05, 0) is 12.7 Å². The second kappa shape index (κ2) is 13.4. The first-order chi connectivity index (χ1) is 8.85. The van der Waals surface area contributed by atoms with Gasteiger partial charge in [-0.3, -0.25) is 0 Å². The van der Waals surface area contributed by atoms with Gasteiger partial charge < -0.3 is 28.4 Å². The Bertz CT molecular complexity index is 268. The van der Waals surface area contributed by atoms with Crippen LogP contribution in [0.25, 0.3) is 0 Å². The summed E-state index contributed by atoms with van der Waals surface area (Å²) in [6.07, 6.45) is 3.96. The molecule has 0 atom stereocenters. The summed E-state index contributed by atoms with van der Waals surface area (Å²) in [6.45, 7) is 3.58. The fourth-order valence-electron chi connectivity index (χ4n) is 0.716. The van der Waals surface area contributed by atoms with Gasteiger partial charge in [-0.1, -0.05) is 0 Å². The van der Waals surface area contributed by atoms with Crippen LogP contribution in [0.15, 0.2) is 30.5 Å². The number of hydrogen-bond acceptors (Lipinski definition) is 6. The van der Waals surface area contributed by atoms with Gasteiger partial charge in [-0.2, -0.15) is 0 Å². The highest BCUT2D eigenvalue weighted by molar-refractivity contribution is 4.81. The third-order valence-corrected chi connectivity index (χ3v) is 1.54. The molecule has 0 aromatic carbocycles. The molecule has 0 rings (SSSR count). The van der Waals surface area contributed by atoms with Crippen LogP contribution < -0.4 is 0 Å². The van der Waals surface area contributed by atoms with E-state index in [9.17, 15) is 0 Å². The molecular weight excluding hydrogens is 240 g/mol. The highest BCUT2D eigenvalue weighted by Crippen LogP contribution is 1.98. The quantitative estimate of drug-likeness (QED) is 0.244. The van der Waals surface area contributed by atoms with Gasteiger partial charge in [0.15, 0.2) is 13.1 Å². The molecule has 18 heavy (non-hydrogen) atoms. The van der Waals surface area contributed by atoms with Gasteiger partial charge in [0.2, 0.25) is 0 Å². The lowest BCUT2D eigenvalue weighted by atomic mass is 10.8. The SMILES string of the molecule is CCOCOC=C(OC)OC=C=COCCOC. The highest BCUT2D eigenvalue weighted by atomic mass is 16.7. The molecule has 6 nitrogen and oxygen atoms in total. The van der Waals surface area contributed by atoms with Crippen LogP contribution >= 0.6 is 0 Å². The van der Waals surface area contributed by atoms with Gasteiger partial charge in [0, 0.05) is 13.7 Å². The molecule has 0 aliphatic rings. The summed E-state index contributed by atoms with van der Waals surface area (Å²) >= 11 is 0. The molecule has 0 aliphatic heterocycles. The molecule has 0 N–H and O–H groups in total. The normalized spacial score (nSPS) is 10.3. The van der Waals surface area contributed by atoms with Crippen molar-refractivity contribution in [2.24, 2.45) is 0 Å². The maximum Gasteiger partial charge on any atom is 0.320 e. The van der Waals surface area contributed by atoms with Crippen molar-refractivity contribution >= 4 is 0 Å². The standard InChI is InChI=1S/C12H20O6/c1-4-15-11-17-10-12(14-3)18-7-5-6-16-9-8-13-2/h6-7,10H,4,8-9,11H2,1-3H3. The van der Waals surface area contributed by atoms with Crippen LogP contribution in [0, 0.1) is 0 Å². The molecule has 0 aromatic heterocycles. The molecule has 0 saturated heterocycles. The third kappa shape index (κ3) is 10.9.